The number of nitrogens with one attached hydrogen (secondary N) is 1. The number of aldehydes is 2. The van der Waals surface area contributed by atoms with Crippen LogP contribution in [0.4, 0.5) is 0 Å². The van der Waals surface area contributed by atoms with Crippen molar-refractivity contribution in [3.8, 4) is 0 Å². The molecule has 152 valence electrons. The van der Waals surface area contributed by atoms with Gasteiger partial charge in [0.25, 0.3) is 0 Å². The highest BCUT2D eigenvalue weighted by atomic mass is 16.5. The Hall–Kier alpha value is -3.16. The molecule has 1 N–H and O–H groups in total. The van der Waals surface area contributed by atoms with Crippen LogP contribution in [0.25, 0.3) is 0 Å². The average molecular weight is 390 g/mol. The first-order chi connectivity index (χ1) is 13.3. The third-order valence-electron chi connectivity index (χ3n) is 3.92. The fourth-order valence-electron chi connectivity index (χ4n) is 2.59. The Morgan fingerprint density at radius 3 is 2.04 bits per heavy atom. The molecule has 8 heteroatoms. The molecule has 2 aromatic rings. The average Bonchev–Trinajstić information content (AvgIpc) is 3.21. The number of ether oxygens (including phenoxy) is 2. The van der Waals surface area contributed by atoms with E-state index in [1.807, 2.05) is 6.92 Å². The van der Waals surface area contributed by atoms with Gasteiger partial charge in [0.15, 0.2) is 12.6 Å². The molecule has 8 nitrogen and oxygen atoms in total. The second-order valence-corrected chi connectivity index (χ2v) is 5.80. The molecule has 28 heavy (non-hydrogen) atoms. The van der Waals surface area contributed by atoms with E-state index in [1.165, 1.54) is 0 Å². The van der Waals surface area contributed by atoms with E-state index in [0.717, 1.165) is 17.4 Å². The van der Waals surface area contributed by atoms with Crippen LogP contribution >= 0.6 is 0 Å². The van der Waals surface area contributed by atoms with Crippen LogP contribution in [0.5, 0.6) is 0 Å². The summed E-state index contributed by atoms with van der Waals surface area (Å²) in [5.74, 6) is -0.811. The molecule has 2 rings (SSSR count). The van der Waals surface area contributed by atoms with Gasteiger partial charge in [0.1, 0.15) is 11.4 Å². The zero-order valence-corrected chi connectivity index (χ0v) is 16.8. The van der Waals surface area contributed by atoms with Crippen molar-refractivity contribution in [1.29, 1.82) is 0 Å². The maximum absolute atomic E-state index is 11.5. The lowest BCUT2D eigenvalue weighted by Gasteiger charge is -2.06. The molecule has 0 bridgehead atoms. The highest BCUT2D eigenvalue weighted by Crippen LogP contribution is 2.15. The highest BCUT2D eigenvalue weighted by molar-refractivity contribution is 5.91. The zero-order chi connectivity index (χ0) is 21.3. The largest absolute Gasteiger partial charge is 0.461 e. The summed E-state index contributed by atoms with van der Waals surface area (Å²) in [5.41, 5.74) is 3.27. The summed E-state index contributed by atoms with van der Waals surface area (Å²) >= 11 is 0. The van der Waals surface area contributed by atoms with Crippen molar-refractivity contribution in [2.24, 2.45) is 0 Å². The summed E-state index contributed by atoms with van der Waals surface area (Å²) in [6.07, 6.45) is 1.44. The monoisotopic (exact) mass is 390 g/mol. The second kappa shape index (κ2) is 10.9. The number of aromatic amines is 1. The van der Waals surface area contributed by atoms with Crippen molar-refractivity contribution in [1.82, 2.24) is 9.55 Å². The summed E-state index contributed by atoms with van der Waals surface area (Å²) in [6.45, 7) is 10.2. The van der Waals surface area contributed by atoms with Crippen LogP contribution in [-0.4, -0.2) is 47.3 Å². The first-order valence-electron chi connectivity index (χ1n) is 8.98. The van der Waals surface area contributed by atoms with Crippen molar-refractivity contribution in [3.05, 3.63) is 46.0 Å². The summed E-state index contributed by atoms with van der Waals surface area (Å²) in [7, 11) is 0. The van der Waals surface area contributed by atoms with Gasteiger partial charge in [-0.25, -0.2) is 9.59 Å². The summed E-state index contributed by atoms with van der Waals surface area (Å²) in [5, 5.41) is 0. The quantitative estimate of drug-likeness (QED) is 0.575. The molecule has 0 spiro atoms. The Bertz CT molecular complexity index is 847. The zero-order valence-electron chi connectivity index (χ0n) is 16.8. The minimum absolute atomic E-state index is 0.321. The minimum atomic E-state index is -0.432. The van der Waals surface area contributed by atoms with Crippen molar-refractivity contribution in [2.75, 3.05) is 13.2 Å². The number of hydrogen-bond donors (Lipinski definition) is 1. The molecule has 2 heterocycles. The maximum Gasteiger partial charge on any atom is 0.354 e. The number of hydrogen-bond acceptors (Lipinski definition) is 6. The van der Waals surface area contributed by atoms with Crippen LogP contribution in [0.15, 0.2) is 12.1 Å². The van der Waals surface area contributed by atoms with E-state index < -0.39 is 5.97 Å². The molecule has 0 saturated carbocycles. The third kappa shape index (κ3) is 5.42. The van der Waals surface area contributed by atoms with E-state index in [4.69, 9.17) is 9.47 Å². The second-order valence-electron chi connectivity index (χ2n) is 5.80. The van der Waals surface area contributed by atoms with Crippen LogP contribution in [0.2, 0.25) is 0 Å². The summed E-state index contributed by atoms with van der Waals surface area (Å²) < 4.78 is 11.3. The van der Waals surface area contributed by atoms with Gasteiger partial charge < -0.3 is 19.0 Å². The van der Waals surface area contributed by atoms with E-state index in [9.17, 15) is 19.2 Å². The minimum Gasteiger partial charge on any atom is -0.461 e. The van der Waals surface area contributed by atoms with Crippen LogP contribution in [-0.2, 0) is 16.0 Å². The lowest BCUT2D eigenvalue weighted by atomic mass is 10.3. The molecule has 2 aromatic heterocycles. The predicted molar refractivity (Wildman–Crippen MR) is 103 cm³/mol. The van der Waals surface area contributed by atoms with Crippen LogP contribution in [0.1, 0.15) is 73.9 Å². The SMILES string of the molecule is CCOC(=O)c1cc(C)c(C=O)[nH]1.CCOC(=O)c1cc(C)c(C=O)n1CC. The van der Waals surface area contributed by atoms with Gasteiger partial charge >= 0.3 is 11.9 Å². The summed E-state index contributed by atoms with van der Waals surface area (Å²) in [6, 6.07) is 3.28. The van der Waals surface area contributed by atoms with Crippen LogP contribution in [0.3, 0.4) is 0 Å². The number of carbonyl (C=O) groups excluding carboxylic acids is 4. The van der Waals surface area contributed by atoms with Crippen LogP contribution < -0.4 is 0 Å². The smallest absolute Gasteiger partial charge is 0.354 e. The molecule has 0 aromatic carbocycles. The molecular formula is C20H26N2O6. The normalized spacial score (nSPS) is 9.89. The van der Waals surface area contributed by atoms with E-state index >= 15 is 0 Å². The molecule has 0 radical (unpaired) electrons. The maximum atomic E-state index is 11.5. The molecule has 0 saturated heterocycles. The standard InChI is InChI=1S/C11H15NO3.C9H11NO3/c1-4-12-9(11(14)15-5-2)6-8(3)10(12)7-13;1-3-13-9(12)7-4-6(2)8(5-11)10-7/h6-7H,4-5H2,1-3H3;4-5,10H,3H2,1-2H3. The van der Waals surface area contributed by atoms with Gasteiger partial charge in [0, 0.05) is 6.54 Å². The van der Waals surface area contributed by atoms with Gasteiger partial charge in [-0.1, -0.05) is 0 Å². The van der Waals surface area contributed by atoms with Gasteiger partial charge in [-0.05, 0) is 57.9 Å². The molecule has 0 aliphatic heterocycles. The molecule has 0 fully saturated rings. The number of aryl methyl sites for hydroxylation is 2. The van der Waals surface area contributed by atoms with Crippen LogP contribution in [0, 0.1) is 13.8 Å². The first-order valence-corrected chi connectivity index (χ1v) is 8.98. The highest BCUT2D eigenvalue weighted by Gasteiger charge is 2.17. The fraction of sp³-hybridized carbons (Fsp3) is 0.400. The lowest BCUT2D eigenvalue weighted by Crippen LogP contribution is -2.13. The fourth-order valence-corrected chi connectivity index (χ4v) is 2.59. The van der Waals surface area contributed by atoms with Crippen molar-refractivity contribution in [3.63, 3.8) is 0 Å². The molecule has 0 amide bonds. The van der Waals surface area contributed by atoms with E-state index in [0.29, 0.717) is 48.8 Å². The third-order valence-corrected chi connectivity index (χ3v) is 3.92. The Morgan fingerprint density at radius 2 is 1.57 bits per heavy atom. The predicted octanol–water partition coefficient (Wildman–Crippen LogP) is 3.12. The Balaban J connectivity index is 0.000000283. The summed E-state index contributed by atoms with van der Waals surface area (Å²) in [4.78, 5) is 46.6. The van der Waals surface area contributed by atoms with Gasteiger partial charge in [-0.15, -0.1) is 0 Å². The molecule has 0 aliphatic carbocycles. The topological polar surface area (TPSA) is 107 Å². The molecule has 0 atom stereocenters. The van der Waals surface area contributed by atoms with Crippen molar-refractivity contribution < 1.29 is 28.7 Å². The lowest BCUT2D eigenvalue weighted by molar-refractivity contribution is 0.0507. The Kier molecular flexibility index (Phi) is 8.87. The Labute approximate surface area is 163 Å². The molecule has 0 unspecified atom stereocenters. The van der Waals surface area contributed by atoms with Gasteiger partial charge in [-0.3, -0.25) is 9.59 Å². The first kappa shape index (κ1) is 22.9. The number of esters is 2. The van der Waals surface area contributed by atoms with Crippen molar-refractivity contribution >= 4 is 24.5 Å². The van der Waals surface area contributed by atoms with Gasteiger partial charge in [0.05, 0.1) is 24.6 Å². The number of H-pyrrole nitrogens is 1. The number of rotatable bonds is 7. The van der Waals surface area contributed by atoms with Gasteiger partial charge in [-0.2, -0.15) is 0 Å². The van der Waals surface area contributed by atoms with Crippen molar-refractivity contribution in [2.45, 2.75) is 41.2 Å². The van der Waals surface area contributed by atoms with Gasteiger partial charge in [0.2, 0.25) is 0 Å². The molecular weight excluding hydrogens is 364 g/mol. The molecule has 0 aliphatic rings. The van der Waals surface area contributed by atoms with E-state index in [1.54, 1.807) is 44.4 Å². The number of aromatic nitrogens is 2. The number of carbonyl (C=O) groups is 4. The van der Waals surface area contributed by atoms with E-state index in [2.05, 4.69) is 4.98 Å². The van der Waals surface area contributed by atoms with E-state index in [-0.39, 0.29) is 5.97 Å². The Morgan fingerprint density at radius 1 is 0.964 bits per heavy atom. The number of nitrogens with zero attached hydrogens (tertiary/aromatic N) is 1.